The Morgan fingerprint density at radius 1 is 1.54 bits per heavy atom. The summed E-state index contributed by atoms with van der Waals surface area (Å²) in [5, 5.41) is 1.80. The van der Waals surface area contributed by atoms with Gasteiger partial charge in [-0.2, -0.15) is 0 Å². The first-order valence-corrected chi connectivity index (χ1v) is 6.67. The molecule has 0 radical (unpaired) electrons. The lowest BCUT2D eigenvalue weighted by Crippen LogP contribution is -2.08. The molecule has 0 spiro atoms. The van der Waals surface area contributed by atoms with Gasteiger partial charge in [-0.1, -0.05) is 6.07 Å². The molecule has 72 valence electrons. The fraction of sp³-hybridized carbons (Fsp3) is 0.375. The molecule has 0 aliphatic rings. The Labute approximate surface area is 81.3 Å². The minimum Gasteiger partial charge on any atom is -0.293 e. The van der Waals surface area contributed by atoms with Crippen LogP contribution in [0.25, 0.3) is 0 Å². The third-order valence-corrected chi connectivity index (χ3v) is 3.35. The molecule has 5 heteroatoms. The molecule has 0 N–H and O–H groups in total. The third-order valence-electron chi connectivity index (χ3n) is 1.50. The van der Waals surface area contributed by atoms with Crippen LogP contribution in [0.1, 0.15) is 16.1 Å². The largest absolute Gasteiger partial charge is 0.293 e. The van der Waals surface area contributed by atoms with Crippen LogP contribution in [-0.2, 0) is 9.84 Å². The molecule has 13 heavy (non-hydrogen) atoms. The zero-order chi connectivity index (χ0) is 9.90. The van der Waals surface area contributed by atoms with Gasteiger partial charge in [-0.3, -0.25) is 4.79 Å². The molecule has 0 aliphatic heterocycles. The zero-order valence-corrected chi connectivity index (χ0v) is 8.82. The van der Waals surface area contributed by atoms with Crippen LogP contribution in [0.3, 0.4) is 0 Å². The summed E-state index contributed by atoms with van der Waals surface area (Å²) in [6, 6.07) is 3.48. The minimum absolute atomic E-state index is 0.0657. The molecule has 0 bridgehead atoms. The van der Waals surface area contributed by atoms with Crippen LogP contribution >= 0.6 is 11.3 Å². The van der Waals surface area contributed by atoms with Crippen LogP contribution in [0, 0.1) is 0 Å². The van der Waals surface area contributed by atoms with E-state index in [0.717, 1.165) is 6.26 Å². The van der Waals surface area contributed by atoms with Crippen molar-refractivity contribution in [3.8, 4) is 0 Å². The van der Waals surface area contributed by atoms with Gasteiger partial charge in [0.25, 0.3) is 0 Å². The number of Topliss-reactive ketones (excluding diaryl/α,β-unsaturated/α-hetero) is 1. The van der Waals surface area contributed by atoms with Crippen molar-refractivity contribution in [2.45, 2.75) is 6.42 Å². The molecule has 0 saturated carbocycles. The molecule has 0 atom stereocenters. The second-order valence-corrected chi connectivity index (χ2v) is 5.99. The molecular formula is C8H10O3S2. The molecule has 1 aromatic heterocycles. The summed E-state index contributed by atoms with van der Waals surface area (Å²) in [5.41, 5.74) is 0. The zero-order valence-electron chi connectivity index (χ0n) is 7.19. The quantitative estimate of drug-likeness (QED) is 0.717. The smallest absolute Gasteiger partial charge is 0.173 e. The van der Waals surface area contributed by atoms with E-state index in [2.05, 4.69) is 0 Å². The molecule has 1 heterocycles. The van der Waals surface area contributed by atoms with Crippen LogP contribution in [0.4, 0.5) is 0 Å². The Morgan fingerprint density at radius 3 is 2.69 bits per heavy atom. The normalized spacial score (nSPS) is 11.5. The molecule has 3 nitrogen and oxygen atoms in total. The number of carbonyl (C=O) groups is 1. The highest BCUT2D eigenvalue weighted by atomic mass is 32.2. The number of rotatable bonds is 4. The van der Waals surface area contributed by atoms with Gasteiger partial charge in [0.1, 0.15) is 9.84 Å². The summed E-state index contributed by atoms with van der Waals surface area (Å²) >= 11 is 1.34. The first kappa shape index (κ1) is 10.4. The summed E-state index contributed by atoms with van der Waals surface area (Å²) in [6.45, 7) is 0. The number of hydrogen-bond acceptors (Lipinski definition) is 4. The van der Waals surface area contributed by atoms with E-state index in [0.29, 0.717) is 4.88 Å². The lowest BCUT2D eigenvalue weighted by atomic mass is 10.3. The first-order valence-electron chi connectivity index (χ1n) is 3.73. The van der Waals surface area contributed by atoms with E-state index in [9.17, 15) is 13.2 Å². The fourth-order valence-corrected chi connectivity index (χ4v) is 2.09. The maximum atomic E-state index is 11.3. The summed E-state index contributed by atoms with van der Waals surface area (Å²) in [5.74, 6) is -0.163. The average Bonchev–Trinajstić information content (AvgIpc) is 2.50. The van der Waals surface area contributed by atoms with E-state index in [1.165, 1.54) is 11.3 Å². The van der Waals surface area contributed by atoms with Crippen LogP contribution < -0.4 is 0 Å². The van der Waals surface area contributed by atoms with Gasteiger partial charge >= 0.3 is 0 Å². The monoisotopic (exact) mass is 218 g/mol. The number of hydrogen-bond donors (Lipinski definition) is 0. The Kier molecular flexibility index (Phi) is 3.22. The predicted octanol–water partition coefficient (Wildman–Crippen LogP) is 1.37. The molecule has 0 aromatic carbocycles. The Hall–Kier alpha value is -0.680. The highest BCUT2D eigenvalue weighted by Gasteiger charge is 2.10. The van der Waals surface area contributed by atoms with Gasteiger partial charge in [0.05, 0.1) is 10.6 Å². The molecule has 0 aliphatic carbocycles. The van der Waals surface area contributed by atoms with Crippen molar-refractivity contribution in [2.75, 3.05) is 12.0 Å². The number of ketones is 1. The second kappa shape index (κ2) is 4.02. The van der Waals surface area contributed by atoms with E-state index in [4.69, 9.17) is 0 Å². The topological polar surface area (TPSA) is 51.2 Å². The molecule has 1 rings (SSSR count). The van der Waals surface area contributed by atoms with E-state index in [1.807, 2.05) is 0 Å². The lowest BCUT2D eigenvalue weighted by molar-refractivity contribution is 0.0992. The van der Waals surface area contributed by atoms with E-state index in [1.54, 1.807) is 17.5 Å². The standard InChI is InChI=1S/C8H10O3S2/c1-13(10,11)6-4-7(9)8-3-2-5-12-8/h2-3,5H,4,6H2,1H3. The van der Waals surface area contributed by atoms with Crippen molar-refractivity contribution in [1.29, 1.82) is 0 Å². The predicted molar refractivity (Wildman–Crippen MR) is 53.0 cm³/mol. The van der Waals surface area contributed by atoms with Gasteiger partial charge < -0.3 is 0 Å². The van der Waals surface area contributed by atoms with Crippen molar-refractivity contribution in [3.63, 3.8) is 0 Å². The number of sulfone groups is 1. The van der Waals surface area contributed by atoms with E-state index >= 15 is 0 Å². The number of thiophene rings is 1. The van der Waals surface area contributed by atoms with Crippen LogP contribution in [0.2, 0.25) is 0 Å². The van der Waals surface area contributed by atoms with Crippen molar-refractivity contribution in [3.05, 3.63) is 22.4 Å². The summed E-state index contributed by atoms with van der Waals surface area (Å²) < 4.78 is 21.5. The molecule has 0 unspecified atom stereocenters. The summed E-state index contributed by atoms with van der Waals surface area (Å²) in [4.78, 5) is 11.9. The van der Waals surface area contributed by atoms with Crippen molar-refractivity contribution in [2.24, 2.45) is 0 Å². The maximum absolute atomic E-state index is 11.3. The Balaban J connectivity index is 2.53. The third kappa shape index (κ3) is 3.69. The van der Waals surface area contributed by atoms with Gasteiger partial charge in [-0.05, 0) is 11.4 Å². The van der Waals surface area contributed by atoms with Gasteiger partial charge in [-0.15, -0.1) is 11.3 Å². The van der Waals surface area contributed by atoms with Gasteiger partial charge in [0.2, 0.25) is 0 Å². The molecule has 0 saturated heterocycles. The SMILES string of the molecule is CS(=O)(=O)CCC(=O)c1cccs1. The van der Waals surface area contributed by atoms with Crippen LogP contribution in [0.5, 0.6) is 0 Å². The average molecular weight is 218 g/mol. The Bertz CT molecular complexity index is 376. The van der Waals surface area contributed by atoms with Crippen molar-refractivity contribution in [1.82, 2.24) is 0 Å². The second-order valence-electron chi connectivity index (χ2n) is 2.78. The number of carbonyl (C=O) groups excluding carboxylic acids is 1. The molecule has 0 fully saturated rings. The van der Waals surface area contributed by atoms with E-state index in [-0.39, 0.29) is 18.0 Å². The van der Waals surface area contributed by atoms with Crippen molar-refractivity contribution >= 4 is 27.0 Å². The van der Waals surface area contributed by atoms with E-state index < -0.39 is 9.84 Å². The fourth-order valence-electron chi connectivity index (χ4n) is 0.839. The maximum Gasteiger partial charge on any atom is 0.173 e. The molecular weight excluding hydrogens is 208 g/mol. The van der Waals surface area contributed by atoms with Gasteiger partial charge in [0.15, 0.2) is 5.78 Å². The Morgan fingerprint density at radius 2 is 2.23 bits per heavy atom. The lowest BCUT2D eigenvalue weighted by Gasteiger charge is -1.95. The van der Waals surface area contributed by atoms with Gasteiger partial charge in [-0.25, -0.2) is 8.42 Å². The first-order chi connectivity index (χ1) is 5.99. The van der Waals surface area contributed by atoms with Crippen LogP contribution in [-0.4, -0.2) is 26.2 Å². The van der Waals surface area contributed by atoms with Gasteiger partial charge in [0, 0.05) is 12.7 Å². The minimum atomic E-state index is -3.03. The highest BCUT2D eigenvalue weighted by molar-refractivity contribution is 7.90. The molecule has 1 aromatic rings. The highest BCUT2D eigenvalue weighted by Crippen LogP contribution is 2.11. The molecule has 0 amide bonds. The summed E-state index contributed by atoms with van der Waals surface area (Å²) in [7, 11) is -3.03. The van der Waals surface area contributed by atoms with Crippen LogP contribution in [0.15, 0.2) is 17.5 Å². The summed E-state index contributed by atoms with van der Waals surface area (Å²) in [6.07, 6.45) is 1.22. The van der Waals surface area contributed by atoms with Crippen molar-refractivity contribution < 1.29 is 13.2 Å².